The average Bonchev–Trinajstić information content (AvgIpc) is 2.79. The molecule has 1 aliphatic rings. The van der Waals surface area contributed by atoms with Gasteiger partial charge in [0.25, 0.3) is 0 Å². The van der Waals surface area contributed by atoms with Crippen molar-refractivity contribution in [1.82, 2.24) is 0 Å². The molecule has 0 bridgehead atoms. The van der Waals surface area contributed by atoms with Crippen molar-refractivity contribution in [2.75, 3.05) is 6.61 Å². The molecule has 3 nitrogen and oxygen atoms in total. The second-order valence-corrected chi connectivity index (χ2v) is 4.49. The molecule has 0 aliphatic heterocycles. The number of carboxylic acid groups (broad SMARTS) is 1. The van der Waals surface area contributed by atoms with Gasteiger partial charge in [-0.15, -0.1) is 0 Å². The molecule has 0 aromatic heterocycles. The molecule has 1 N–H and O–H groups in total. The lowest BCUT2D eigenvalue weighted by Gasteiger charge is -2.17. The Morgan fingerprint density at radius 2 is 2.29 bits per heavy atom. The minimum absolute atomic E-state index is 0.146. The van der Waals surface area contributed by atoms with Crippen LogP contribution < -0.4 is 4.74 Å². The highest BCUT2D eigenvalue weighted by atomic mass is 16.5. The van der Waals surface area contributed by atoms with Gasteiger partial charge in [0.2, 0.25) is 0 Å². The molecule has 2 atom stereocenters. The molecule has 0 radical (unpaired) electrons. The maximum Gasteiger partial charge on any atom is 0.307 e. The monoisotopic (exact) mass is 234 g/mol. The van der Waals surface area contributed by atoms with Gasteiger partial charge >= 0.3 is 5.97 Å². The van der Waals surface area contributed by atoms with E-state index in [9.17, 15) is 9.90 Å². The van der Waals surface area contributed by atoms with E-state index in [2.05, 4.69) is 0 Å². The van der Waals surface area contributed by atoms with Gasteiger partial charge in [-0.2, -0.15) is 0 Å². The molecule has 2 rings (SSSR count). The van der Waals surface area contributed by atoms with Crippen LogP contribution in [0.4, 0.5) is 0 Å². The number of aliphatic carboxylic acids is 1. The molecular weight excluding hydrogens is 216 g/mol. The molecule has 1 saturated carbocycles. The zero-order valence-electron chi connectivity index (χ0n) is 10.1. The fraction of sp³-hybridized carbons (Fsp3) is 0.500. The SMILES string of the molecule is CCOc1cccc(C2CCCC2C(=O)O)c1. The van der Waals surface area contributed by atoms with Crippen molar-refractivity contribution in [3.8, 4) is 5.75 Å². The number of benzene rings is 1. The molecule has 1 aliphatic carbocycles. The van der Waals surface area contributed by atoms with E-state index < -0.39 is 5.97 Å². The van der Waals surface area contributed by atoms with Gasteiger partial charge in [-0.3, -0.25) is 4.79 Å². The van der Waals surface area contributed by atoms with Crippen LogP contribution in [-0.2, 0) is 4.79 Å². The summed E-state index contributed by atoms with van der Waals surface area (Å²) in [6.45, 7) is 2.58. The average molecular weight is 234 g/mol. The Labute approximate surface area is 101 Å². The molecule has 3 heteroatoms. The maximum atomic E-state index is 11.2. The third kappa shape index (κ3) is 2.60. The molecule has 0 heterocycles. The number of carbonyl (C=O) groups is 1. The number of carboxylic acids is 1. The summed E-state index contributed by atoms with van der Waals surface area (Å²) >= 11 is 0. The number of ether oxygens (including phenoxy) is 1. The summed E-state index contributed by atoms with van der Waals surface area (Å²) in [7, 11) is 0. The van der Waals surface area contributed by atoms with E-state index >= 15 is 0 Å². The normalized spacial score (nSPS) is 23.6. The number of rotatable bonds is 4. The first-order valence-corrected chi connectivity index (χ1v) is 6.18. The van der Waals surface area contributed by atoms with Crippen LogP contribution in [0, 0.1) is 5.92 Å². The summed E-state index contributed by atoms with van der Waals surface area (Å²) in [6.07, 6.45) is 2.76. The Morgan fingerprint density at radius 1 is 1.47 bits per heavy atom. The minimum atomic E-state index is -0.672. The van der Waals surface area contributed by atoms with Crippen molar-refractivity contribution in [2.45, 2.75) is 32.1 Å². The van der Waals surface area contributed by atoms with Crippen LogP contribution in [0.25, 0.3) is 0 Å². The Kier molecular flexibility index (Phi) is 3.67. The van der Waals surface area contributed by atoms with Gasteiger partial charge in [-0.1, -0.05) is 18.6 Å². The zero-order chi connectivity index (χ0) is 12.3. The van der Waals surface area contributed by atoms with Gasteiger partial charge in [0.05, 0.1) is 12.5 Å². The van der Waals surface area contributed by atoms with Gasteiger partial charge in [0.15, 0.2) is 0 Å². The number of hydrogen-bond donors (Lipinski definition) is 1. The quantitative estimate of drug-likeness (QED) is 0.871. The fourth-order valence-corrected chi connectivity index (χ4v) is 2.66. The molecule has 1 fully saturated rings. The fourth-order valence-electron chi connectivity index (χ4n) is 2.66. The smallest absolute Gasteiger partial charge is 0.307 e. The Hall–Kier alpha value is -1.51. The van der Waals surface area contributed by atoms with Crippen molar-refractivity contribution < 1.29 is 14.6 Å². The maximum absolute atomic E-state index is 11.2. The molecule has 1 aromatic carbocycles. The van der Waals surface area contributed by atoms with Gasteiger partial charge in [-0.25, -0.2) is 0 Å². The van der Waals surface area contributed by atoms with E-state index in [-0.39, 0.29) is 11.8 Å². The lowest BCUT2D eigenvalue weighted by molar-refractivity contribution is -0.142. The Bertz CT molecular complexity index is 400. The molecule has 0 spiro atoms. The van der Waals surface area contributed by atoms with Crippen molar-refractivity contribution >= 4 is 5.97 Å². The summed E-state index contributed by atoms with van der Waals surface area (Å²) in [4.78, 5) is 11.2. The van der Waals surface area contributed by atoms with E-state index in [0.29, 0.717) is 6.61 Å². The Morgan fingerprint density at radius 3 is 3.00 bits per heavy atom. The van der Waals surface area contributed by atoms with E-state index in [1.807, 2.05) is 31.2 Å². The second-order valence-electron chi connectivity index (χ2n) is 4.49. The first-order valence-electron chi connectivity index (χ1n) is 6.18. The summed E-state index contributed by atoms with van der Waals surface area (Å²) < 4.78 is 5.45. The number of hydrogen-bond acceptors (Lipinski definition) is 2. The minimum Gasteiger partial charge on any atom is -0.494 e. The van der Waals surface area contributed by atoms with Gasteiger partial charge in [-0.05, 0) is 43.4 Å². The summed E-state index contributed by atoms with van der Waals surface area (Å²) in [6, 6.07) is 7.85. The summed E-state index contributed by atoms with van der Waals surface area (Å²) in [5.41, 5.74) is 1.10. The first-order chi connectivity index (χ1) is 8.22. The van der Waals surface area contributed by atoms with E-state index in [0.717, 1.165) is 30.6 Å². The highest BCUT2D eigenvalue weighted by molar-refractivity contribution is 5.72. The zero-order valence-corrected chi connectivity index (χ0v) is 10.1. The molecular formula is C14H18O3. The van der Waals surface area contributed by atoms with Gasteiger partial charge in [0, 0.05) is 0 Å². The van der Waals surface area contributed by atoms with Gasteiger partial charge in [0.1, 0.15) is 5.75 Å². The van der Waals surface area contributed by atoms with Crippen LogP contribution in [0.15, 0.2) is 24.3 Å². The van der Waals surface area contributed by atoms with Crippen molar-refractivity contribution in [2.24, 2.45) is 5.92 Å². The highest BCUT2D eigenvalue weighted by Crippen LogP contribution is 2.40. The molecule has 0 amide bonds. The van der Waals surface area contributed by atoms with Crippen LogP contribution in [0.1, 0.15) is 37.7 Å². The van der Waals surface area contributed by atoms with Gasteiger partial charge < -0.3 is 9.84 Å². The van der Waals surface area contributed by atoms with Crippen molar-refractivity contribution in [1.29, 1.82) is 0 Å². The van der Waals surface area contributed by atoms with Crippen LogP contribution in [0.2, 0.25) is 0 Å². The van der Waals surface area contributed by atoms with Crippen LogP contribution in [-0.4, -0.2) is 17.7 Å². The largest absolute Gasteiger partial charge is 0.494 e. The predicted molar refractivity (Wildman–Crippen MR) is 65.3 cm³/mol. The standard InChI is InChI=1S/C14H18O3/c1-2-17-11-6-3-5-10(9-11)12-7-4-8-13(12)14(15)16/h3,5-6,9,12-13H,2,4,7-8H2,1H3,(H,15,16). The van der Waals surface area contributed by atoms with Crippen molar-refractivity contribution in [3.63, 3.8) is 0 Å². The third-order valence-corrected chi connectivity index (χ3v) is 3.43. The molecule has 17 heavy (non-hydrogen) atoms. The topological polar surface area (TPSA) is 46.5 Å². The molecule has 92 valence electrons. The molecule has 1 aromatic rings. The lowest BCUT2D eigenvalue weighted by Crippen LogP contribution is -2.16. The molecule has 0 saturated heterocycles. The summed E-state index contributed by atoms with van der Waals surface area (Å²) in [5, 5.41) is 9.19. The van der Waals surface area contributed by atoms with Crippen molar-refractivity contribution in [3.05, 3.63) is 29.8 Å². The van der Waals surface area contributed by atoms with Crippen LogP contribution in [0.5, 0.6) is 5.75 Å². The molecule has 2 unspecified atom stereocenters. The third-order valence-electron chi connectivity index (χ3n) is 3.43. The van der Waals surface area contributed by atoms with E-state index in [1.54, 1.807) is 0 Å². The van der Waals surface area contributed by atoms with E-state index in [1.165, 1.54) is 0 Å². The Balaban J connectivity index is 2.21. The summed E-state index contributed by atoms with van der Waals surface area (Å²) in [5.74, 6) is 0.0788. The van der Waals surface area contributed by atoms with Crippen LogP contribution in [0.3, 0.4) is 0 Å². The predicted octanol–water partition coefficient (Wildman–Crippen LogP) is 3.05. The van der Waals surface area contributed by atoms with Crippen LogP contribution >= 0.6 is 0 Å². The second kappa shape index (κ2) is 5.21. The lowest BCUT2D eigenvalue weighted by atomic mass is 9.89. The highest BCUT2D eigenvalue weighted by Gasteiger charge is 2.33. The first kappa shape index (κ1) is 12.0. The van der Waals surface area contributed by atoms with E-state index in [4.69, 9.17) is 4.74 Å².